The van der Waals surface area contributed by atoms with Gasteiger partial charge in [0.2, 0.25) is 0 Å². The number of hydrogen-bond acceptors (Lipinski definition) is 2. The monoisotopic (exact) mass is 261 g/mol. The van der Waals surface area contributed by atoms with E-state index in [1.165, 1.54) is 31.2 Å². The van der Waals surface area contributed by atoms with Crippen LogP contribution in [0.25, 0.3) is 0 Å². The Balaban J connectivity index is 2.04. The molecule has 1 aliphatic carbocycles. The molecule has 1 aromatic rings. The molecule has 1 aromatic carbocycles. The van der Waals surface area contributed by atoms with Crippen LogP contribution in [0.5, 0.6) is 0 Å². The summed E-state index contributed by atoms with van der Waals surface area (Å²) >= 11 is 0. The molecule has 0 aliphatic heterocycles. The third-order valence-electron chi connectivity index (χ3n) is 4.48. The van der Waals surface area contributed by atoms with Crippen LogP contribution in [0.1, 0.15) is 51.1 Å². The number of benzene rings is 1. The molecule has 3 unspecified atom stereocenters. The summed E-state index contributed by atoms with van der Waals surface area (Å²) in [5.41, 5.74) is 1.19. The van der Waals surface area contributed by atoms with Gasteiger partial charge in [0.15, 0.2) is 0 Å². The van der Waals surface area contributed by atoms with Crippen molar-refractivity contribution in [1.29, 1.82) is 0 Å². The number of aliphatic hydroxyl groups is 1. The van der Waals surface area contributed by atoms with Crippen LogP contribution in [0.2, 0.25) is 0 Å². The first kappa shape index (κ1) is 14.5. The van der Waals surface area contributed by atoms with Crippen molar-refractivity contribution in [3.05, 3.63) is 35.9 Å². The maximum atomic E-state index is 9.67. The molecule has 0 heterocycles. The van der Waals surface area contributed by atoms with E-state index in [2.05, 4.69) is 31.3 Å². The minimum Gasteiger partial charge on any atom is -0.394 e. The first-order valence-electron chi connectivity index (χ1n) is 7.64. The Labute approximate surface area is 117 Å². The highest BCUT2D eigenvalue weighted by Gasteiger charge is 2.29. The summed E-state index contributed by atoms with van der Waals surface area (Å²) in [7, 11) is 0. The Morgan fingerprint density at radius 1 is 1.16 bits per heavy atom. The van der Waals surface area contributed by atoms with E-state index >= 15 is 0 Å². The van der Waals surface area contributed by atoms with Gasteiger partial charge < -0.3 is 10.4 Å². The third kappa shape index (κ3) is 3.80. The second-order valence-electron chi connectivity index (χ2n) is 6.11. The molecule has 0 saturated heterocycles. The van der Waals surface area contributed by atoms with Gasteiger partial charge in [0.05, 0.1) is 12.6 Å². The average molecular weight is 261 g/mol. The highest BCUT2D eigenvalue weighted by Crippen LogP contribution is 2.31. The lowest BCUT2D eigenvalue weighted by Gasteiger charge is -2.37. The first-order valence-corrected chi connectivity index (χ1v) is 7.64. The zero-order valence-electron chi connectivity index (χ0n) is 12.2. The van der Waals surface area contributed by atoms with Gasteiger partial charge in [-0.2, -0.15) is 0 Å². The molecule has 0 radical (unpaired) electrons. The Morgan fingerprint density at radius 3 is 2.47 bits per heavy atom. The van der Waals surface area contributed by atoms with E-state index in [4.69, 9.17) is 0 Å². The van der Waals surface area contributed by atoms with Crippen LogP contribution in [-0.4, -0.2) is 17.8 Å². The van der Waals surface area contributed by atoms with E-state index in [9.17, 15) is 5.11 Å². The molecule has 1 fully saturated rings. The van der Waals surface area contributed by atoms with Gasteiger partial charge in [-0.05, 0) is 30.2 Å². The van der Waals surface area contributed by atoms with Crippen LogP contribution in [0, 0.1) is 11.8 Å². The fourth-order valence-electron chi connectivity index (χ4n) is 3.36. The van der Waals surface area contributed by atoms with Crippen molar-refractivity contribution in [2.45, 2.75) is 51.6 Å². The van der Waals surface area contributed by atoms with Gasteiger partial charge >= 0.3 is 0 Å². The topological polar surface area (TPSA) is 32.3 Å². The maximum absolute atomic E-state index is 9.67. The van der Waals surface area contributed by atoms with Gasteiger partial charge in [-0.15, -0.1) is 0 Å². The molecule has 19 heavy (non-hydrogen) atoms. The van der Waals surface area contributed by atoms with Gasteiger partial charge in [-0.3, -0.25) is 0 Å². The van der Waals surface area contributed by atoms with Gasteiger partial charge in [0.25, 0.3) is 0 Å². The Bertz CT molecular complexity index is 363. The van der Waals surface area contributed by atoms with Crippen LogP contribution in [0.15, 0.2) is 30.3 Å². The summed E-state index contributed by atoms with van der Waals surface area (Å²) in [5.74, 6) is 1.46. The predicted octanol–water partition coefficient (Wildman–Crippen LogP) is 3.52. The minimum atomic E-state index is 0.0746. The molecular formula is C17H27NO. The largest absolute Gasteiger partial charge is 0.394 e. The molecule has 0 bridgehead atoms. The van der Waals surface area contributed by atoms with Crippen molar-refractivity contribution in [2.75, 3.05) is 6.61 Å². The van der Waals surface area contributed by atoms with Crippen LogP contribution < -0.4 is 5.32 Å². The molecule has 2 heteroatoms. The summed E-state index contributed by atoms with van der Waals surface area (Å²) in [5, 5.41) is 13.4. The van der Waals surface area contributed by atoms with Crippen molar-refractivity contribution in [3.8, 4) is 0 Å². The van der Waals surface area contributed by atoms with E-state index < -0.39 is 0 Å². The molecule has 0 spiro atoms. The SMILES string of the molecule is CC(C)C1CCCCC1NC(CO)c1ccccc1. The van der Waals surface area contributed by atoms with Crippen LogP contribution in [0.3, 0.4) is 0 Å². The molecular weight excluding hydrogens is 234 g/mol. The second-order valence-corrected chi connectivity index (χ2v) is 6.11. The van der Waals surface area contributed by atoms with Crippen LogP contribution in [0.4, 0.5) is 0 Å². The summed E-state index contributed by atoms with van der Waals surface area (Å²) in [4.78, 5) is 0. The van der Waals surface area contributed by atoms with E-state index in [0.717, 1.165) is 5.92 Å². The second kappa shape index (κ2) is 7.06. The summed E-state index contributed by atoms with van der Waals surface area (Å²) in [6.45, 7) is 4.81. The van der Waals surface area contributed by atoms with Crippen molar-refractivity contribution in [3.63, 3.8) is 0 Å². The van der Waals surface area contributed by atoms with Gasteiger partial charge in [0, 0.05) is 6.04 Å². The third-order valence-corrected chi connectivity index (χ3v) is 4.48. The Morgan fingerprint density at radius 2 is 1.84 bits per heavy atom. The van der Waals surface area contributed by atoms with Gasteiger partial charge in [-0.25, -0.2) is 0 Å². The molecule has 0 amide bonds. The van der Waals surface area contributed by atoms with Crippen LogP contribution >= 0.6 is 0 Å². The number of aliphatic hydroxyl groups excluding tert-OH is 1. The number of rotatable bonds is 5. The summed E-state index contributed by atoms with van der Waals surface area (Å²) in [6.07, 6.45) is 5.23. The van der Waals surface area contributed by atoms with Gasteiger partial charge in [-0.1, -0.05) is 57.0 Å². The normalized spacial score (nSPS) is 25.5. The molecule has 106 valence electrons. The maximum Gasteiger partial charge on any atom is 0.0626 e. The molecule has 1 saturated carbocycles. The summed E-state index contributed by atoms with van der Waals surface area (Å²) in [6, 6.07) is 10.9. The van der Waals surface area contributed by atoms with E-state index in [-0.39, 0.29) is 12.6 Å². The highest BCUT2D eigenvalue weighted by molar-refractivity contribution is 5.19. The lowest BCUT2D eigenvalue weighted by Crippen LogP contribution is -2.43. The average Bonchev–Trinajstić information content (AvgIpc) is 2.46. The molecule has 3 atom stereocenters. The fourth-order valence-corrected chi connectivity index (χ4v) is 3.36. The van der Waals surface area contributed by atoms with Crippen molar-refractivity contribution >= 4 is 0 Å². The zero-order chi connectivity index (χ0) is 13.7. The molecule has 1 aliphatic rings. The lowest BCUT2D eigenvalue weighted by molar-refractivity contribution is 0.163. The Hall–Kier alpha value is -0.860. The molecule has 2 rings (SSSR count). The lowest BCUT2D eigenvalue weighted by atomic mass is 9.77. The van der Waals surface area contributed by atoms with Crippen molar-refractivity contribution < 1.29 is 5.11 Å². The van der Waals surface area contributed by atoms with E-state index in [1.807, 2.05) is 18.2 Å². The van der Waals surface area contributed by atoms with Crippen LogP contribution in [-0.2, 0) is 0 Å². The van der Waals surface area contributed by atoms with E-state index in [1.54, 1.807) is 0 Å². The van der Waals surface area contributed by atoms with Gasteiger partial charge in [0.1, 0.15) is 0 Å². The minimum absolute atomic E-state index is 0.0746. The predicted molar refractivity (Wildman–Crippen MR) is 80.0 cm³/mol. The number of nitrogens with one attached hydrogen (secondary N) is 1. The van der Waals surface area contributed by atoms with Crippen molar-refractivity contribution in [1.82, 2.24) is 5.32 Å². The Kier molecular flexibility index (Phi) is 5.41. The smallest absolute Gasteiger partial charge is 0.0626 e. The molecule has 2 N–H and O–H groups in total. The quantitative estimate of drug-likeness (QED) is 0.850. The molecule has 2 nitrogen and oxygen atoms in total. The standard InChI is InChI=1S/C17H27NO/c1-13(2)15-10-6-7-11-16(15)18-17(12-19)14-8-4-3-5-9-14/h3-5,8-9,13,15-19H,6-7,10-12H2,1-2H3. The fraction of sp³-hybridized carbons (Fsp3) is 0.647. The first-order chi connectivity index (χ1) is 9.22. The highest BCUT2D eigenvalue weighted by atomic mass is 16.3. The molecule has 0 aromatic heterocycles. The van der Waals surface area contributed by atoms with Crippen molar-refractivity contribution in [2.24, 2.45) is 11.8 Å². The zero-order valence-corrected chi connectivity index (χ0v) is 12.2. The summed E-state index contributed by atoms with van der Waals surface area (Å²) < 4.78 is 0. The number of hydrogen-bond donors (Lipinski definition) is 2. The van der Waals surface area contributed by atoms with E-state index in [0.29, 0.717) is 12.0 Å².